The number of rotatable bonds is 4. The average molecular weight is 467 g/mol. The Hall–Kier alpha value is -1.99. The van der Waals surface area contributed by atoms with Crippen molar-refractivity contribution >= 4 is 37.6 Å². The molecule has 0 bridgehead atoms. The number of halogens is 1. The first-order chi connectivity index (χ1) is 15.2. The van der Waals surface area contributed by atoms with Crippen LogP contribution in [0.1, 0.15) is 54.8 Å². The fourth-order valence-corrected chi connectivity index (χ4v) is 3.89. The minimum atomic E-state index is -0.713. The molecule has 2 aliphatic rings. The first kappa shape index (κ1) is 25.6. The number of hydrogen-bond donors (Lipinski definition) is 0. The van der Waals surface area contributed by atoms with Crippen LogP contribution in [0.15, 0.2) is 49.1 Å². The van der Waals surface area contributed by atoms with Crippen LogP contribution in [0.3, 0.4) is 0 Å². The summed E-state index contributed by atoms with van der Waals surface area (Å²) in [5.74, 6) is 0. The molecule has 1 aromatic carbocycles. The molecule has 5 rings (SSSR count). The Labute approximate surface area is 223 Å². The van der Waals surface area contributed by atoms with Crippen LogP contribution in [0.2, 0.25) is 5.02 Å². The molecule has 162 valence electrons. The van der Waals surface area contributed by atoms with Crippen molar-refractivity contribution in [1.29, 1.82) is 0 Å². The van der Waals surface area contributed by atoms with E-state index >= 15 is 0 Å². The quantitative estimate of drug-likeness (QED) is 0.433. The molecule has 0 N–H and O–H groups in total. The maximum Gasteiger partial charge on any atom is 1.00 e. The molecule has 2 heterocycles. The summed E-state index contributed by atoms with van der Waals surface area (Å²) in [6, 6.07) is 9.80. The molecule has 0 aliphatic heterocycles. The molecule has 2 aliphatic carbocycles. The Morgan fingerprint density at radius 3 is 2.64 bits per heavy atom. The fourth-order valence-electron chi connectivity index (χ4n) is 3.71. The summed E-state index contributed by atoms with van der Waals surface area (Å²) in [4.78, 5) is 18.3. The summed E-state index contributed by atoms with van der Waals surface area (Å²) in [6.07, 6.45) is 11.6. The zero-order valence-corrected chi connectivity index (χ0v) is 22.1. The molecule has 5 nitrogen and oxygen atoms in total. The van der Waals surface area contributed by atoms with Crippen LogP contribution in [0.5, 0.6) is 0 Å². The van der Waals surface area contributed by atoms with Gasteiger partial charge in [0.25, 0.3) is 0 Å². The van der Waals surface area contributed by atoms with Crippen LogP contribution in [-0.4, -0.2) is 34.5 Å². The summed E-state index contributed by atoms with van der Waals surface area (Å²) >= 11 is 6.30. The molecule has 0 unspecified atom stereocenters. The first-order valence-corrected chi connectivity index (χ1v) is 10.7. The van der Waals surface area contributed by atoms with E-state index < -0.39 is 5.31 Å². The van der Waals surface area contributed by atoms with Gasteiger partial charge >= 0.3 is 29.6 Å². The van der Waals surface area contributed by atoms with Crippen molar-refractivity contribution in [1.82, 2.24) is 14.5 Å². The number of nitrogens with zero attached hydrogens (tertiary/aromatic N) is 3. The van der Waals surface area contributed by atoms with E-state index in [4.69, 9.17) is 19.4 Å². The normalized spacial score (nSPS) is 19.2. The van der Waals surface area contributed by atoms with Crippen molar-refractivity contribution in [2.45, 2.75) is 37.6 Å². The number of pyridine rings is 1. The number of ether oxygens (including phenoxy) is 1. The molecular formula is C25H23BClN3NaO2-. The fraction of sp³-hybridized carbons (Fsp3) is 0.280. The number of hydrogen-bond acceptors (Lipinski definition) is 4. The Morgan fingerprint density at radius 1 is 1.27 bits per heavy atom. The van der Waals surface area contributed by atoms with Crippen LogP contribution >= 0.6 is 11.6 Å². The van der Waals surface area contributed by atoms with Gasteiger partial charge in [-0.15, -0.1) is 18.1 Å². The Balaban J connectivity index is 0.000000330. The van der Waals surface area contributed by atoms with Crippen LogP contribution in [0, 0.1) is 6.42 Å². The van der Waals surface area contributed by atoms with Gasteiger partial charge in [-0.05, 0) is 54.7 Å². The Kier molecular flexibility index (Phi) is 7.85. The second kappa shape index (κ2) is 10.1. The molecule has 0 saturated heterocycles. The predicted molar refractivity (Wildman–Crippen MR) is 127 cm³/mol. The minimum Gasteiger partial charge on any atom is -0.649 e. The molecule has 3 aromatic rings. The molecule has 1 saturated carbocycles. The number of imidazole rings is 1. The summed E-state index contributed by atoms with van der Waals surface area (Å²) in [7, 11) is 8.72. The van der Waals surface area contributed by atoms with E-state index in [9.17, 15) is 4.79 Å². The standard InChI is InChI=1S/C20H16BClN3.C5H7O2.Na/c1-20(21)18-6-5-15(22)10-17(18)14(9-16-11-23-12-25(16)2)8-13-4-3-7-24-19(13)20;1-5(2-3-5)7-4-6;/h3-12H,1-2H3;2-3H2,1H3;/q2*-1;+1/t20-;;/m1../s1. The van der Waals surface area contributed by atoms with Crippen LogP contribution in [0.4, 0.5) is 0 Å². The van der Waals surface area contributed by atoms with E-state index in [1.807, 2.05) is 62.0 Å². The van der Waals surface area contributed by atoms with Gasteiger partial charge in [-0.1, -0.05) is 54.3 Å². The first-order valence-electron chi connectivity index (χ1n) is 10.4. The van der Waals surface area contributed by atoms with Gasteiger partial charge in [-0.25, -0.2) is 0 Å². The molecule has 0 spiro atoms. The molecule has 33 heavy (non-hydrogen) atoms. The van der Waals surface area contributed by atoms with Gasteiger partial charge in [-0.3, -0.25) is 9.97 Å². The average Bonchev–Trinajstić information content (AvgIpc) is 3.37. The third-order valence-electron chi connectivity index (χ3n) is 5.89. The maximum atomic E-state index is 9.51. The third-order valence-corrected chi connectivity index (χ3v) is 6.13. The summed E-state index contributed by atoms with van der Waals surface area (Å²) in [5.41, 5.74) is 5.78. The topological polar surface area (TPSA) is 57.0 Å². The van der Waals surface area contributed by atoms with Gasteiger partial charge in [-0.2, -0.15) is 0 Å². The van der Waals surface area contributed by atoms with Crippen LogP contribution in [-0.2, 0) is 21.9 Å². The largest absolute Gasteiger partial charge is 1.00 e. The number of fused-ring (bicyclic) bond motifs is 2. The van der Waals surface area contributed by atoms with E-state index in [0.29, 0.717) is 5.02 Å². The maximum absolute atomic E-state index is 9.51. The third kappa shape index (κ3) is 5.57. The van der Waals surface area contributed by atoms with Crippen LogP contribution < -0.4 is 29.6 Å². The van der Waals surface area contributed by atoms with E-state index in [0.717, 1.165) is 46.5 Å². The van der Waals surface area contributed by atoms with Crippen molar-refractivity contribution in [3.8, 4) is 0 Å². The molecule has 2 radical (unpaired) electrons. The van der Waals surface area contributed by atoms with Gasteiger partial charge < -0.3 is 14.1 Å². The molecular weight excluding hydrogens is 444 g/mol. The number of aryl methyl sites for hydroxylation is 1. The van der Waals surface area contributed by atoms with Gasteiger partial charge in [0.15, 0.2) is 0 Å². The molecule has 1 atom stereocenters. The second-order valence-corrected chi connectivity index (χ2v) is 9.08. The molecule has 2 aromatic heterocycles. The minimum absolute atomic E-state index is 0. The Morgan fingerprint density at radius 2 is 2.03 bits per heavy atom. The van der Waals surface area contributed by atoms with E-state index in [2.05, 4.69) is 27.2 Å². The Bertz CT molecular complexity index is 1190. The summed E-state index contributed by atoms with van der Waals surface area (Å²) < 4.78 is 6.51. The van der Waals surface area contributed by atoms with Gasteiger partial charge in [0.2, 0.25) is 0 Å². The zero-order chi connectivity index (χ0) is 22.9. The van der Waals surface area contributed by atoms with Gasteiger partial charge in [0.05, 0.1) is 19.8 Å². The van der Waals surface area contributed by atoms with Crippen LogP contribution in [0.25, 0.3) is 11.6 Å². The van der Waals surface area contributed by atoms with E-state index in [1.54, 1.807) is 12.5 Å². The van der Waals surface area contributed by atoms with Crippen molar-refractivity contribution in [2.75, 3.05) is 0 Å². The van der Waals surface area contributed by atoms with Gasteiger partial charge in [0, 0.05) is 24.0 Å². The predicted octanol–water partition coefficient (Wildman–Crippen LogP) is 1.63. The zero-order valence-electron chi connectivity index (χ0n) is 19.3. The van der Waals surface area contributed by atoms with E-state index in [-0.39, 0.29) is 35.2 Å². The molecule has 1 fully saturated rings. The van der Waals surface area contributed by atoms with Crippen molar-refractivity contribution in [2.24, 2.45) is 7.05 Å². The molecule has 0 amide bonds. The monoisotopic (exact) mass is 466 g/mol. The second-order valence-electron chi connectivity index (χ2n) is 8.64. The number of benzene rings is 1. The smallest absolute Gasteiger partial charge is 0.649 e. The van der Waals surface area contributed by atoms with Crippen molar-refractivity contribution < 1.29 is 39.1 Å². The summed E-state index contributed by atoms with van der Waals surface area (Å²) in [5, 5.41) is -0.0347. The summed E-state index contributed by atoms with van der Waals surface area (Å²) in [6.45, 7) is 5.31. The SMILES string of the molecule is CC1(O[C-]=O)CC1.[B][C@]1(C)c2ccc(Cl)cc2C([CH-]c2cncn2C)=Cc2cccnc21.[Na+]. The number of allylic oxidation sites excluding steroid dienone is 1. The number of carbonyl (C=O) groups excluding carboxylic acids is 1. The van der Waals surface area contributed by atoms with Crippen molar-refractivity contribution in [3.63, 3.8) is 0 Å². The number of aromatic nitrogens is 3. The van der Waals surface area contributed by atoms with Gasteiger partial charge in [0.1, 0.15) is 0 Å². The van der Waals surface area contributed by atoms with E-state index in [1.165, 1.54) is 6.47 Å². The molecule has 8 heteroatoms. The van der Waals surface area contributed by atoms with Crippen molar-refractivity contribution in [3.05, 3.63) is 88.6 Å².